The highest BCUT2D eigenvalue weighted by Gasteiger charge is 2.14. The van der Waals surface area contributed by atoms with Gasteiger partial charge in [-0.1, -0.05) is 0 Å². The lowest BCUT2D eigenvalue weighted by Gasteiger charge is -2.00. The summed E-state index contributed by atoms with van der Waals surface area (Å²) >= 11 is 3.52. The summed E-state index contributed by atoms with van der Waals surface area (Å²) in [6, 6.07) is 4.77. The summed E-state index contributed by atoms with van der Waals surface area (Å²) in [6.45, 7) is 0. The van der Waals surface area contributed by atoms with Gasteiger partial charge in [-0.25, -0.2) is 8.78 Å². The van der Waals surface area contributed by atoms with E-state index in [0.717, 1.165) is 12.1 Å². The lowest BCUT2D eigenvalue weighted by atomic mass is 10.3. The van der Waals surface area contributed by atoms with Crippen LogP contribution in [0.2, 0.25) is 0 Å². The van der Waals surface area contributed by atoms with Gasteiger partial charge < -0.3 is 17.2 Å². The number of rotatable bonds is 1. The molecule has 0 amide bonds. The van der Waals surface area contributed by atoms with Crippen LogP contribution in [0.15, 0.2) is 24.3 Å². The summed E-state index contributed by atoms with van der Waals surface area (Å²) < 4.78 is 26.0. The van der Waals surface area contributed by atoms with Gasteiger partial charge in [0.05, 0.1) is 23.4 Å². The molecule has 2 rings (SSSR count). The van der Waals surface area contributed by atoms with E-state index in [2.05, 4.69) is 0 Å². The van der Waals surface area contributed by atoms with Gasteiger partial charge in [0.1, 0.15) is 17.3 Å². The highest BCUT2D eigenvalue weighted by atomic mass is 127. The first-order valence-electron chi connectivity index (χ1n) is 5.52. The van der Waals surface area contributed by atoms with Gasteiger partial charge in [0.15, 0.2) is 0 Å². The van der Waals surface area contributed by atoms with Crippen LogP contribution in [-0.4, -0.2) is 4.92 Å². The zero-order valence-electron chi connectivity index (χ0n) is 10.8. The van der Waals surface area contributed by atoms with Crippen LogP contribution in [0.1, 0.15) is 0 Å². The van der Waals surface area contributed by atoms with Crippen molar-refractivity contribution >= 4 is 67.9 Å². The van der Waals surface area contributed by atoms with E-state index in [4.69, 9.17) is 17.2 Å². The molecule has 0 saturated heterocycles. The molecule has 0 aliphatic heterocycles. The predicted octanol–water partition coefficient (Wildman–Crippen LogP) is 3.52. The van der Waals surface area contributed by atoms with Crippen molar-refractivity contribution in [2.24, 2.45) is 0 Å². The zero-order valence-corrected chi connectivity index (χ0v) is 15.1. The van der Waals surface area contributed by atoms with Crippen molar-refractivity contribution in [3.8, 4) is 0 Å². The van der Waals surface area contributed by atoms with Crippen LogP contribution in [0.5, 0.6) is 0 Å². The minimum Gasteiger partial charge on any atom is -0.397 e. The predicted molar refractivity (Wildman–Crippen MR) is 98.1 cm³/mol. The number of nitrogens with zero attached hydrogens (tertiary/aromatic N) is 1. The van der Waals surface area contributed by atoms with Crippen molar-refractivity contribution in [1.82, 2.24) is 0 Å². The Morgan fingerprint density at radius 3 is 1.73 bits per heavy atom. The fourth-order valence-corrected chi connectivity index (χ4v) is 2.23. The van der Waals surface area contributed by atoms with E-state index < -0.39 is 10.7 Å². The summed E-state index contributed by atoms with van der Waals surface area (Å²) in [6.07, 6.45) is 0. The van der Waals surface area contributed by atoms with Gasteiger partial charge in [-0.05, 0) is 57.3 Å². The monoisotopic (exact) mass is 534 g/mol. The molecule has 0 aliphatic rings. The molecule has 0 heterocycles. The summed E-state index contributed by atoms with van der Waals surface area (Å²) in [5, 5.41) is 10.3. The van der Waals surface area contributed by atoms with Gasteiger partial charge in [0.25, 0.3) is 5.69 Å². The summed E-state index contributed by atoms with van der Waals surface area (Å²) in [4.78, 5) is 9.64. The van der Waals surface area contributed by atoms with E-state index in [-0.39, 0.29) is 26.4 Å². The molecule has 0 unspecified atom stereocenters. The van der Waals surface area contributed by atoms with Crippen molar-refractivity contribution in [3.63, 3.8) is 0 Å². The summed E-state index contributed by atoms with van der Waals surface area (Å²) in [5.41, 5.74) is 16.2. The van der Waals surface area contributed by atoms with Gasteiger partial charge >= 0.3 is 0 Å². The van der Waals surface area contributed by atoms with Crippen LogP contribution in [0.25, 0.3) is 0 Å². The Kier molecular flexibility index (Phi) is 6.52. The number of nitrogens with two attached hydrogens (primary N) is 3. The molecule has 0 aliphatic carbocycles. The van der Waals surface area contributed by atoms with E-state index in [9.17, 15) is 18.9 Å². The molecule has 118 valence electrons. The van der Waals surface area contributed by atoms with Crippen molar-refractivity contribution in [2.75, 3.05) is 17.2 Å². The number of nitro groups is 1. The Labute approximate surface area is 151 Å². The van der Waals surface area contributed by atoms with Crippen molar-refractivity contribution in [3.05, 3.63) is 53.2 Å². The SMILES string of the molecule is Nc1cc(F)c(I)cc1N.Nc1cc(F)c(I)cc1[N+](=O)[O-]. The second-order valence-corrected chi connectivity index (χ2v) is 6.30. The second-order valence-electron chi connectivity index (χ2n) is 3.98. The number of nitrogen functional groups attached to an aromatic ring is 3. The maximum atomic E-state index is 12.7. The molecule has 0 fully saturated rings. The normalized spacial score (nSPS) is 9.82. The quantitative estimate of drug-likeness (QED) is 0.224. The Hall–Kier alpha value is -1.44. The van der Waals surface area contributed by atoms with E-state index in [0.29, 0.717) is 9.26 Å². The van der Waals surface area contributed by atoms with Crippen molar-refractivity contribution < 1.29 is 13.7 Å². The Bertz CT molecular complexity index is 679. The van der Waals surface area contributed by atoms with Gasteiger partial charge in [-0.15, -0.1) is 0 Å². The first-order chi connectivity index (χ1) is 10.1. The molecule has 0 radical (unpaired) electrons. The highest BCUT2D eigenvalue weighted by molar-refractivity contribution is 14.1. The third-order valence-electron chi connectivity index (χ3n) is 2.39. The molecular formula is C12H10F2I2N4O2. The standard InChI is InChI=1S/C6H4FIN2O2.C6H6FIN2/c7-3-1-5(9)6(10(11)12)2-4(3)8;7-3-1-5(9)6(10)2-4(3)8/h1-2H,9H2;1-2H,9-10H2. The van der Waals surface area contributed by atoms with Crippen LogP contribution in [0.4, 0.5) is 31.5 Å². The third-order valence-corrected chi connectivity index (χ3v) is 4.05. The molecule has 22 heavy (non-hydrogen) atoms. The van der Waals surface area contributed by atoms with Gasteiger partial charge in [0.2, 0.25) is 0 Å². The molecule has 0 spiro atoms. The molecule has 2 aromatic carbocycles. The second kappa shape index (κ2) is 7.71. The topological polar surface area (TPSA) is 121 Å². The van der Waals surface area contributed by atoms with E-state index in [1.165, 1.54) is 12.1 Å². The minimum absolute atomic E-state index is 0.155. The van der Waals surface area contributed by atoms with E-state index >= 15 is 0 Å². The van der Waals surface area contributed by atoms with Gasteiger partial charge in [-0.2, -0.15) is 0 Å². The molecular weight excluding hydrogens is 524 g/mol. The fraction of sp³-hybridized carbons (Fsp3) is 0. The van der Waals surface area contributed by atoms with Crippen molar-refractivity contribution in [2.45, 2.75) is 0 Å². The average molecular weight is 534 g/mol. The molecule has 0 aromatic heterocycles. The lowest BCUT2D eigenvalue weighted by Crippen LogP contribution is -1.97. The number of anilines is 3. The number of benzene rings is 2. The third kappa shape index (κ3) is 4.79. The van der Waals surface area contributed by atoms with Crippen LogP contribution >= 0.6 is 45.2 Å². The number of hydrogen-bond donors (Lipinski definition) is 3. The number of halogens is 4. The van der Waals surface area contributed by atoms with Crippen LogP contribution in [0, 0.1) is 28.9 Å². The molecule has 0 atom stereocenters. The van der Waals surface area contributed by atoms with E-state index in [1.54, 1.807) is 22.6 Å². The minimum atomic E-state index is -0.642. The van der Waals surface area contributed by atoms with Gasteiger partial charge in [-0.3, -0.25) is 10.1 Å². The van der Waals surface area contributed by atoms with Gasteiger partial charge in [0, 0.05) is 12.1 Å². The van der Waals surface area contributed by atoms with E-state index in [1.807, 2.05) is 22.6 Å². The summed E-state index contributed by atoms with van der Waals surface area (Å²) in [5.74, 6) is -0.869. The molecule has 0 bridgehead atoms. The average Bonchev–Trinajstić information content (AvgIpc) is 2.41. The smallest absolute Gasteiger partial charge is 0.293 e. The molecule has 6 N–H and O–H groups in total. The lowest BCUT2D eigenvalue weighted by molar-refractivity contribution is -0.384. The Balaban J connectivity index is 0.000000224. The molecule has 6 nitrogen and oxygen atoms in total. The first kappa shape index (κ1) is 18.6. The first-order valence-corrected chi connectivity index (χ1v) is 7.68. The Morgan fingerprint density at radius 2 is 1.27 bits per heavy atom. The number of nitro benzene ring substituents is 1. The van der Waals surface area contributed by atoms with Crippen LogP contribution in [-0.2, 0) is 0 Å². The molecule has 10 heteroatoms. The maximum absolute atomic E-state index is 12.7. The largest absolute Gasteiger partial charge is 0.397 e. The van der Waals surface area contributed by atoms with Crippen LogP contribution in [0.3, 0.4) is 0 Å². The number of hydrogen-bond acceptors (Lipinski definition) is 5. The molecule has 0 saturated carbocycles. The summed E-state index contributed by atoms with van der Waals surface area (Å²) in [7, 11) is 0. The molecule has 2 aromatic rings. The van der Waals surface area contributed by atoms with Crippen LogP contribution < -0.4 is 17.2 Å². The zero-order chi connectivity index (χ0) is 17.0. The maximum Gasteiger partial charge on any atom is 0.293 e. The fourth-order valence-electron chi connectivity index (χ4n) is 1.29. The highest BCUT2D eigenvalue weighted by Crippen LogP contribution is 2.25. The van der Waals surface area contributed by atoms with Crippen molar-refractivity contribution in [1.29, 1.82) is 0 Å². The Morgan fingerprint density at radius 1 is 0.864 bits per heavy atom.